The Bertz CT molecular complexity index is 1220. The monoisotopic (exact) mass is 436 g/mol. The lowest BCUT2D eigenvalue weighted by molar-refractivity contribution is -0.136. The fourth-order valence-electron chi connectivity index (χ4n) is 3.87. The van der Waals surface area contributed by atoms with Crippen molar-refractivity contribution in [3.63, 3.8) is 0 Å². The number of benzene rings is 2. The number of carbonyl (C=O) groups is 3. The zero-order valence-corrected chi connectivity index (χ0v) is 17.5. The van der Waals surface area contributed by atoms with Crippen molar-refractivity contribution in [1.29, 1.82) is 0 Å². The van der Waals surface area contributed by atoms with Crippen LogP contribution >= 0.6 is 0 Å². The number of ketones is 2. The number of hydrogen-bond donors (Lipinski definition) is 1. The van der Waals surface area contributed by atoms with Crippen molar-refractivity contribution in [3.8, 4) is 0 Å². The first-order valence-electron chi connectivity index (χ1n) is 9.70. The zero-order chi connectivity index (χ0) is 22.2. The van der Waals surface area contributed by atoms with Crippen LogP contribution in [-0.2, 0) is 24.4 Å². The SMILES string of the molecule is CC(=O)NCC1=CC2C(C(=O)C1=O)C(c1ccccc1)=CN2S(=O)(=O)c1ccccc1. The second-order valence-corrected chi connectivity index (χ2v) is 9.20. The van der Waals surface area contributed by atoms with Gasteiger partial charge in [0.05, 0.1) is 16.9 Å². The fraction of sp³-hybridized carbons (Fsp3) is 0.174. The van der Waals surface area contributed by atoms with Crippen molar-refractivity contribution in [2.75, 3.05) is 6.54 Å². The molecule has 0 saturated carbocycles. The van der Waals surface area contributed by atoms with Gasteiger partial charge >= 0.3 is 0 Å². The van der Waals surface area contributed by atoms with Crippen LogP contribution < -0.4 is 5.32 Å². The van der Waals surface area contributed by atoms with Crippen LogP contribution in [0.3, 0.4) is 0 Å². The van der Waals surface area contributed by atoms with E-state index in [4.69, 9.17) is 0 Å². The standard InChI is InChI=1S/C23H20N2O5S/c1-15(26)24-13-17-12-20-21(23(28)22(17)27)19(16-8-4-2-5-9-16)14-25(20)31(29,30)18-10-6-3-7-11-18/h2-12,14,20-21H,13H2,1H3,(H,24,26). The minimum absolute atomic E-state index is 0.0809. The molecule has 0 aromatic heterocycles. The minimum atomic E-state index is -3.98. The molecule has 2 aromatic rings. The molecular formula is C23H20N2O5S. The van der Waals surface area contributed by atoms with Crippen molar-refractivity contribution in [3.05, 3.63) is 84.1 Å². The molecule has 7 nitrogen and oxygen atoms in total. The molecular weight excluding hydrogens is 416 g/mol. The number of hydrogen-bond acceptors (Lipinski definition) is 5. The van der Waals surface area contributed by atoms with E-state index in [1.54, 1.807) is 42.5 Å². The first kappa shape index (κ1) is 20.7. The Morgan fingerprint density at radius 2 is 1.61 bits per heavy atom. The lowest BCUT2D eigenvalue weighted by atomic mass is 9.79. The van der Waals surface area contributed by atoms with E-state index in [0.717, 1.165) is 4.31 Å². The van der Waals surface area contributed by atoms with E-state index in [1.807, 2.05) is 6.07 Å². The molecule has 31 heavy (non-hydrogen) atoms. The highest BCUT2D eigenvalue weighted by molar-refractivity contribution is 7.89. The molecule has 0 fully saturated rings. The molecule has 0 spiro atoms. The van der Waals surface area contributed by atoms with Crippen molar-refractivity contribution >= 4 is 33.1 Å². The van der Waals surface area contributed by atoms with Crippen LogP contribution in [0.25, 0.3) is 5.57 Å². The highest BCUT2D eigenvalue weighted by atomic mass is 32.2. The molecule has 0 bridgehead atoms. The maximum absolute atomic E-state index is 13.4. The molecule has 1 aliphatic heterocycles. The molecule has 1 heterocycles. The lowest BCUT2D eigenvalue weighted by Crippen LogP contribution is -2.45. The summed E-state index contributed by atoms with van der Waals surface area (Å²) in [6.07, 6.45) is 2.92. The van der Waals surface area contributed by atoms with Gasteiger partial charge in [-0.1, -0.05) is 54.6 Å². The molecule has 8 heteroatoms. The van der Waals surface area contributed by atoms with Gasteiger partial charge in [-0.05, 0) is 23.3 Å². The van der Waals surface area contributed by atoms with E-state index in [-0.39, 0.29) is 22.9 Å². The zero-order valence-electron chi connectivity index (χ0n) is 16.7. The Labute approximate surface area is 180 Å². The predicted molar refractivity (Wildman–Crippen MR) is 114 cm³/mol. The van der Waals surface area contributed by atoms with Crippen molar-refractivity contribution in [2.45, 2.75) is 17.9 Å². The Balaban J connectivity index is 1.85. The third kappa shape index (κ3) is 3.70. The van der Waals surface area contributed by atoms with E-state index in [1.165, 1.54) is 31.3 Å². The Morgan fingerprint density at radius 3 is 2.23 bits per heavy atom. The summed E-state index contributed by atoms with van der Waals surface area (Å²) in [6, 6.07) is 16.0. The van der Waals surface area contributed by atoms with Crippen LogP contribution in [0, 0.1) is 5.92 Å². The van der Waals surface area contributed by atoms with E-state index in [9.17, 15) is 22.8 Å². The molecule has 2 aliphatic rings. The van der Waals surface area contributed by atoms with Gasteiger partial charge in [0.25, 0.3) is 10.0 Å². The number of nitrogens with zero attached hydrogens (tertiary/aromatic N) is 1. The molecule has 4 rings (SSSR count). The summed E-state index contributed by atoms with van der Waals surface area (Å²) >= 11 is 0. The summed E-state index contributed by atoms with van der Waals surface area (Å²) in [7, 11) is -3.98. The average Bonchev–Trinajstić information content (AvgIpc) is 3.17. The number of fused-ring (bicyclic) bond motifs is 1. The topological polar surface area (TPSA) is 101 Å². The summed E-state index contributed by atoms with van der Waals surface area (Å²) in [5.41, 5.74) is 1.22. The molecule has 158 valence electrons. The van der Waals surface area contributed by atoms with Gasteiger partial charge in [0, 0.05) is 25.2 Å². The maximum Gasteiger partial charge on any atom is 0.264 e. The van der Waals surface area contributed by atoms with Crippen LogP contribution in [0.5, 0.6) is 0 Å². The van der Waals surface area contributed by atoms with Gasteiger partial charge < -0.3 is 5.32 Å². The smallest absolute Gasteiger partial charge is 0.264 e. The van der Waals surface area contributed by atoms with Gasteiger partial charge in [-0.15, -0.1) is 0 Å². The molecule has 0 radical (unpaired) electrons. The van der Waals surface area contributed by atoms with Gasteiger partial charge in [-0.3, -0.25) is 18.7 Å². The van der Waals surface area contributed by atoms with Crippen LogP contribution in [0.1, 0.15) is 12.5 Å². The molecule has 1 N–H and O–H groups in total. The number of carbonyl (C=O) groups excluding carboxylic acids is 3. The quantitative estimate of drug-likeness (QED) is 0.722. The van der Waals surface area contributed by atoms with Gasteiger partial charge in [0.15, 0.2) is 0 Å². The van der Waals surface area contributed by atoms with Gasteiger partial charge in [-0.2, -0.15) is 0 Å². The molecule has 2 atom stereocenters. The van der Waals surface area contributed by atoms with Crippen LogP contribution in [0.2, 0.25) is 0 Å². The number of Topliss-reactive ketones (excluding diaryl/α,β-unsaturated/α-hetero) is 2. The van der Waals surface area contributed by atoms with E-state index in [2.05, 4.69) is 5.32 Å². The minimum Gasteiger partial charge on any atom is -0.352 e. The molecule has 0 saturated heterocycles. The summed E-state index contributed by atoms with van der Waals surface area (Å²) in [5, 5.41) is 2.51. The summed E-state index contributed by atoms with van der Waals surface area (Å²) in [5.74, 6) is -2.70. The molecule has 2 aromatic carbocycles. The number of sulfonamides is 1. The predicted octanol–water partition coefficient (Wildman–Crippen LogP) is 1.93. The third-order valence-corrected chi connectivity index (χ3v) is 7.13. The Morgan fingerprint density at radius 1 is 1.00 bits per heavy atom. The van der Waals surface area contributed by atoms with Gasteiger partial charge in [-0.25, -0.2) is 8.42 Å². The van der Waals surface area contributed by atoms with Gasteiger partial charge in [0.1, 0.15) is 0 Å². The van der Waals surface area contributed by atoms with E-state index < -0.39 is 33.5 Å². The van der Waals surface area contributed by atoms with Crippen LogP contribution in [-0.4, -0.2) is 42.8 Å². The summed E-state index contributed by atoms with van der Waals surface area (Å²) in [6.45, 7) is 1.16. The second-order valence-electron chi connectivity index (χ2n) is 7.36. The normalized spacial score (nSPS) is 20.7. The number of amides is 1. The molecule has 1 amide bonds. The number of rotatable bonds is 5. The number of nitrogens with one attached hydrogen (secondary N) is 1. The van der Waals surface area contributed by atoms with Gasteiger partial charge in [0.2, 0.25) is 17.5 Å². The summed E-state index contributed by atoms with van der Waals surface area (Å²) in [4.78, 5) is 37.2. The highest BCUT2D eigenvalue weighted by Crippen LogP contribution is 2.42. The van der Waals surface area contributed by atoms with Crippen molar-refractivity contribution in [2.24, 2.45) is 5.92 Å². The van der Waals surface area contributed by atoms with Crippen molar-refractivity contribution in [1.82, 2.24) is 9.62 Å². The fourth-order valence-corrected chi connectivity index (χ4v) is 5.37. The summed E-state index contributed by atoms with van der Waals surface area (Å²) < 4.78 is 28.0. The Kier molecular flexibility index (Phi) is 5.32. The van der Waals surface area contributed by atoms with E-state index >= 15 is 0 Å². The third-order valence-electron chi connectivity index (χ3n) is 5.36. The first-order chi connectivity index (χ1) is 14.8. The van der Waals surface area contributed by atoms with Crippen LogP contribution in [0.4, 0.5) is 0 Å². The highest BCUT2D eigenvalue weighted by Gasteiger charge is 2.49. The second kappa shape index (κ2) is 7.96. The maximum atomic E-state index is 13.4. The Hall–Kier alpha value is -3.52. The van der Waals surface area contributed by atoms with Crippen molar-refractivity contribution < 1.29 is 22.8 Å². The van der Waals surface area contributed by atoms with E-state index in [0.29, 0.717) is 11.1 Å². The first-order valence-corrected chi connectivity index (χ1v) is 11.1. The molecule has 2 unspecified atom stereocenters. The largest absolute Gasteiger partial charge is 0.352 e. The lowest BCUT2D eigenvalue weighted by Gasteiger charge is -2.30. The average molecular weight is 436 g/mol. The van der Waals surface area contributed by atoms with Crippen LogP contribution in [0.15, 0.2) is 83.4 Å². The molecule has 1 aliphatic carbocycles.